The molecule has 0 aliphatic heterocycles. The Kier molecular flexibility index (Phi) is 4.97. The van der Waals surface area contributed by atoms with Crippen LogP contribution in [0.15, 0.2) is 24.3 Å². The van der Waals surface area contributed by atoms with Gasteiger partial charge in [0.25, 0.3) is 0 Å². The van der Waals surface area contributed by atoms with E-state index in [0.29, 0.717) is 10.7 Å². The number of carbonyl (C=O) groups is 2. The van der Waals surface area contributed by atoms with Crippen LogP contribution in [0, 0.1) is 5.92 Å². The first-order valence-corrected chi connectivity index (χ1v) is 5.70. The van der Waals surface area contributed by atoms with Gasteiger partial charge < -0.3 is 10.6 Å². The monoisotopic (exact) mass is 254 g/mol. The fraction of sp³-hybridized carbons (Fsp3) is 0.333. The molecule has 0 bridgehead atoms. The number of para-hydroxylation sites is 1. The fourth-order valence-electron chi connectivity index (χ4n) is 1.13. The van der Waals surface area contributed by atoms with Crippen LogP contribution in [-0.2, 0) is 9.59 Å². The highest BCUT2D eigenvalue weighted by molar-refractivity contribution is 6.33. The van der Waals surface area contributed by atoms with E-state index < -0.39 is 0 Å². The highest BCUT2D eigenvalue weighted by Gasteiger charge is 2.09. The van der Waals surface area contributed by atoms with Crippen molar-refractivity contribution in [3.8, 4) is 0 Å². The first-order valence-electron chi connectivity index (χ1n) is 5.33. The van der Waals surface area contributed by atoms with Gasteiger partial charge in [-0.2, -0.15) is 0 Å². The van der Waals surface area contributed by atoms with E-state index in [1.165, 1.54) is 0 Å². The summed E-state index contributed by atoms with van der Waals surface area (Å²) in [5.74, 6) is -0.588. The lowest BCUT2D eigenvalue weighted by Crippen LogP contribution is -2.35. The minimum Gasteiger partial charge on any atom is -0.347 e. The Balaban J connectivity index is 2.46. The van der Waals surface area contributed by atoms with Crippen LogP contribution in [-0.4, -0.2) is 18.4 Å². The average molecular weight is 255 g/mol. The lowest BCUT2D eigenvalue weighted by atomic mass is 10.2. The Morgan fingerprint density at radius 3 is 2.53 bits per heavy atom. The van der Waals surface area contributed by atoms with Gasteiger partial charge in [0.15, 0.2) is 0 Å². The molecule has 4 nitrogen and oxygen atoms in total. The summed E-state index contributed by atoms with van der Waals surface area (Å²) in [6, 6.07) is 6.93. The maximum atomic E-state index is 11.5. The Labute approximate surface area is 105 Å². The Morgan fingerprint density at radius 1 is 1.29 bits per heavy atom. The van der Waals surface area contributed by atoms with Gasteiger partial charge in [-0.3, -0.25) is 9.59 Å². The van der Waals surface area contributed by atoms with Gasteiger partial charge in [0.2, 0.25) is 11.8 Å². The van der Waals surface area contributed by atoms with E-state index in [-0.39, 0.29) is 24.3 Å². The summed E-state index contributed by atoms with van der Waals surface area (Å²) in [6.45, 7) is 3.48. The number of nitrogens with one attached hydrogen (secondary N) is 2. The normalized spacial score (nSPS) is 10.1. The molecule has 1 aromatic rings. The van der Waals surface area contributed by atoms with Gasteiger partial charge in [0.05, 0.1) is 17.3 Å². The highest BCUT2D eigenvalue weighted by atomic mass is 35.5. The van der Waals surface area contributed by atoms with Crippen LogP contribution in [0.25, 0.3) is 0 Å². The maximum Gasteiger partial charge on any atom is 0.243 e. The Morgan fingerprint density at radius 2 is 1.94 bits per heavy atom. The maximum absolute atomic E-state index is 11.5. The van der Waals surface area contributed by atoms with Gasteiger partial charge in [-0.25, -0.2) is 0 Å². The molecule has 0 fully saturated rings. The second-order valence-electron chi connectivity index (χ2n) is 3.90. The molecule has 5 heteroatoms. The standard InChI is InChI=1S/C12H15ClN2O2/c1-8(2)12(17)14-7-11(16)15-10-6-4-3-5-9(10)13/h3-6,8H,7H2,1-2H3,(H,14,17)(H,15,16). The Hall–Kier alpha value is -1.55. The zero-order valence-electron chi connectivity index (χ0n) is 9.79. The van der Waals surface area contributed by atoms with Crippen molar-refractivity contribution >= 4 is 29.1 Å². The molecule has 0 radical (unpaired) electrons. The van der Waals surface area contributed by atoms with Crippen molar-refractivity contribution in [2.45, 2.75) is 13.8 Å². The second kappa shape index (κ2) is 6.25. The quantitative estimate of drug-likeness (QED) is 0.864. The zero-order valence-corrected chi connectivity index (χ0v) is 10.5. The van der Waals surface area contributed by atoms with Gasteiger partial charge in [0.1, 0.15) is 0 Å². The molecule has 0 unspecified atom stereocenters. The van der Waals surface area contributed by atoms with E-state index in [0.717, 1.165) is 0 Å². The zero-order chi connectivity index (χ0) is 12.8. The highest BCUT2D eigenvalue weighted by Crippen LogP contribution is 2.19. The summed E-state index contributed by atoms with van der Waals surface area (Å²) in [6.07, 6.45) is 0. The molecule has 1 aromatic carbocycles. The van der Waals surface area contributed by atoms with Crippen LogP contribution in [0.3, 0.4) is 0 Å². The van der Waals surface area contributed by atoms with E-state index in [4.69, 9.17) is 11.6 Å². The van der Waals surface area contributed by atoms with Crippen molar-refractivity contribution in [1.29, 1.82) is 0 Å². The van der Waals surface area contributed by atoms with E-state index in [1.807, 2.05) is 0 Å². The molecule has 1 rings (SSSR count). The van der Waals surface area contributed by atoms with E-state index in [2.05, 4.69) is 10.6 Å². The van der Waals surface area contributed by atoms with Gasteiger partial charge >= 0.3 is 0 Å². The molecule has 0 aromatic heterocycles. The number of halogens is 1. The SMILES string of the molecule is CC(C)C(=O)NCC(=O)Nc1ccccc1Cl. The molecule has 0 heterocycles. The lowest BCUT2D eigenvalue weighted by molar-refractivity contribution is -0.126. The molecule has 2 amide bonds. The van der Waals surface area contributed by atoms with Crippen molar-refractivity contribution in [2.75, 3.05) is 11.9 Å². The molecule has 0 saturated carbocycles. The van der Waals surface area contributed by atoms with Crippen LogP contribution in [0.1, 0.15) is 13.8 Å². The van der Waals surface area contributed by atoms with Crippen LogP contribution >= 0.6 is 11.6 Å². The van der Waals surface area contributed by atoms with Crippen molar-refractivity contribution in [3.05, 3.63) is 29.3 Å². The molecule has 0 aliphatic carbocycles. The number of hydrogen-bond acceptors (Lipinski definition) is 2. The number of anilines is 1. The lowest BCUT2D eigenvalue weighted by Gasteiger charge is -2.09. The molecular formula is C12H15ClN2O2. The molecule has 0 spiro atoms. The average Bonchev–Trinajstić information content (AvgIpc) is 2.29. The van der Waals surface area contributed by atoms with Gasteiger partial charge in [-0.1, -0.05) is 37.6 Å². The van der Waals surface area contributed by atoms with Crippen molar-refractivity contribution in [3.63, 3.8) is 0 Å². The summed E-state index contributed by atoms with van der Waals surface area (Å²) in [5, 5.41) is 5.61. The molecule has 0 aliphatic rings. The molecule has 92 valence electrons. The third kappa shape index (κ3) is 4.44. The smallest absolute Gasteiger partial charge is 0.243 e. The topological polar surface area (TPSA) is 58.2 Å². The van der Waals surface area contributed by atoms with Gasteiger partial charge in [0, 0.05) is 5.92 Å². The second-order valence-corrected chi connectivity index (χ2v) is 4.31. The van der Waals surface area contributed by atoms with Crippen molar-refractivity contribution in [1.82, 2.24) is 5.32 Å². The number of benzene rings is 1. The van der Waals surface area contributed by atoms with Crippen molar-refractivity contribution in [2.24, 2.45) is 5.92 Å². The summed E-state index contributed by atoms with van der Waals surface area (Å²) in [4.78, 5) is 22.8. The molecule has 0 atom stereocenters. The van der Waals surface area contributed by atoms with Gasteiger partial charge in [-0.15, -0.1) is 0 Å². The van der Waals surface area contributed by atoms with E-state index in [9.17, 15) is 9.59 Å². The van der Waals surface area contributed by atoms with Crippen molar-refractivity contribution < 1.29 is 9.59 Å². The first kappa shape index (κ1) is 13.5. The summed E-state index contributed by atoms with van der Waals surface area (Å²) in [5.41, 5.74) is 0.540. The van der Waals surface area contributed by atoms with E-state index >= 15 is 0 Å². The number of rotatable bonds is 4. The van der Waals surface area contributed by atoms with E-state index in [1.54, 1.807) is 38.1 Å². The number of hydrogen-bond donors (Lipinski definition) is 2. The minimum absolute atomic E-state index is 0.0533. The van der Waals surface area contributed by atoms with Crippen LogP contribution in [0.4, 0.5) is 5.69 Å². The first-order chi connectivity index (χ1) is 8.00. The third-order valence-corrected chi connectivity index (χ3v) is 2.43. The number of carbonyl (C=O) groups excluding carboxylic acids is 2. The molecule has 2 N–H and O–H groups in total. The Bertz CT molecular complexity index is 419. The predicted molar refractivity (Wildman–Crippen MR) is 67.9 cm³/mol. The van der Waals surface area contributed by atoms with Crippen LogP contribution < -0.4 is 10.6 Å². The molecule has 0 saturated heterocycles. The van der Waals surface area contributed by atoms with Crippen LogP contribution in [0.2, 0.25) is 5.02 Å². The van der Waals surface area contributed by atoms with Crippen LogP contribution in [0.5, 0.6) is 0 Å². The predicted octanol–water partition coefficient (Wildman–Crippen LogP) is 2.05. The minimum atomic E-state index is -0.299. The summed E-state index contributed by atoms with van der Waals surface area (Å²) in [7, 11) is 0. The molecule has 17 heavy (non-hydrogen) atoms. The summed E-state index contributed by atoms with van der Waals surface area (Å²) >= 11 is 5.88. The summed E-state index contributed by atoms with van der Waals surface area (Å²) < 4.78 is 0. The number of amides is 2. The fourth-order valence-corrected chi connectivity index (χ4v) is 1.31. The largest absolute Gasteiger partial charge is 0.347 e. The van der Waals surface area contributed by atoms with Gasteiger partial charge in [-0.05, 0) is 12.1 Å². The molecular weight excluding hydrogens is 240 g/mol. The third-order valence-electron chi connectivity index (χ3n) is 2.10.